The molecule has 5 rings (SSSR count). The second-order valence-corrected chi connectivity index (χ2v) is 8.33. The zero-order valence-electron chi connectivity index (χ0n) is 16.1. The molecule has 3 aromatic rings. The molecule has 2 aliphatic rings. The van der Waals surface area contributed by atoms with E-state index in [0.717, 1.165) is 36.6 Å². The van der Waals surface area contributed by atoms with Crippen molar-refractivity contribution in [3.05, 3.63) is 82.2 Å². The molecule has 0 spiro atoms. The Morgan fingerprint density at radius 3 is 2.66 bits per heavy atom. The first-order valence-electron chi connectivity index (χ1n) is 10.1. The van der Waals surface area contributed by atoms with Crippen LogP contribution in [-0.4, -0.2) is 34.6 Å². The van der Waals surface area contributed by atoms with Gasteiger partial charge in [0, 0.05) is 22.9 Å². The molecule has 0 saturated carbocycles. The molecule has 5 nitrogen and oxygen atoms in total. The second-order valence-electron chi connectivity index (χ2n) is 8.33. The van der Waals surface area contributed by atoms with Gasteiger partial charge >= 0.3 is 5.63 Å². The molecule has 5 heteroatoms. The first-order valence-corrected chi connectivity index (χ1v) is 10.1. The summed E-state index contributed by atoms with van der Waals surface area (Å²) in [5.74, 6) is -0.277. The van der Waals surface area contributed by atoms with Crippen LogP contribution in [0.25, 0.3) is 11.0 Å². The van der Waals surface area contributed by atoms with Gasteiger partial charge in [-0.25, -0.2) is 4.79 Å². The Morgan fingerprint density at radius 2 is 1.86 bits per heavy atom. The summed E-state index contributed by atoms with van der Waals surface area (Å²) in [7, 11) is 0. The van der Waals surface area contributed by atoms with E-state index in [-0.39, 0.29) is 35.6 Å². The molecule has 0 aliphatic carbocycles. The van der Waals surface area contributed by atoms with Gasteiger partial charge in [0.15, 0.2) is 0 Å². The lowest BCUT2D eigenvalue weighted by molar-refractivity contribution is 0.0568. The molecule has 1 aromatic heterocycles. The third kappa shape index (κ3) is 2.88. The maximum Gasteiger partial charge on any atom is 0.349 e. The van der Waals surface area contributed by atoms with Gasteiger partial charge < -0.3 is 14.4 Å². The highest BCUT2D eigenvalue weighted by molar-refractivity contribution is 5.97. The minimum absolute atomic E-state index is 0.0270. The van der Waals surface area contributed by atoms with Gasteiger partial charge in [-0.05, 0) is 43.4 Å². The van der Waals surface area contributed by atoms with Gasteiger partial charge in [0.1, 0.15) is 11.1 Å². The largest absolute Gasteiger partial charge is 0.422 e. The minimum Gasteiger partial charge on any atom is -0.422 e. The quantitative estimate of drug-likeness (QED) is 0.695. The maximum absolute atomic E-state index is 13.4. The summed E-state index contributed by atoms with van der Waals surface area (Å²) in [6.45, 7) is 0.0270. The monoisotopic (exact) mass is 389 g/mol. The number of carbonyl (C=O) groups is 1. The third-order valence-electron chi connectivity index (χ3n) is 6.67. The molecular formula is C24H23NO4. The van der Waals surface area contributed by atoms with E-state index in [4.69, 9.17) is 4.42 Å². The van der Waals surface area contributed by atoms with Crippen molar-refractivity contribution in [1.29, 1.82) is 0 Å². The van der Waals surface area contributed by atoms with Gasteiger partial charge in [-0.15, -0.1) is 0 Å². The van der Waals surface area contributed by atoms with Crippen molar-refractivity contribution in [2.45, 2.75) is 37.8 Å². The van der Waals surface area contributed by atoms with Gasteiger partial charge in [0.25, 0.3) is 5.91 Å². The molecule has 0 radical (unpaired) electrons. The first-order chi connectivity index (χ1) is 14.1. The average Bonchev–Trinajstić information content (AvgIpc) is 3.29. The van der Waals surface area contributed by atoms with Crippen LogP contribution in [0.4, 0.5) is 0 Å². The highest BCUT2D eigenvalue weighted by atomic mass is 16.4. The fourth-order valence-electron chi connectivity index (χ4n) is 5.37. The normalized spacial score (nSPS) is 25.6. The van der Waals surface area contributed by atoms with Crippen molar-refractivity contribution in [3.8, 4) is 0 Å². The fourth-order valence-corrected chi connectivity index (χ4v) is 5.37. The average molecular weight is 389 g/mol. The highest BCUT2D eigenvalue weighted by Crippen LogP contribution is 2.51. The number of carbonyl (C=O) groups excluding carboxylic acids is 1. The van der Waals surface area contributed by atoms with E-state index in [9.17, 15) is 14.7 Å². The molecule has 0 unspecified atom stereocenters. The van der Waals surface area contributed by atoms with Gasteiger partial charge in [-0.1, -0.05) is 48.5 Å². The van der Waals surface area contributed by atoms with Crippen molar-refractivity contribution in [3.63, 3.8) is 0 Å². The predicted molar refractivity (Wildman–Crippen MR) is 110 cm³/mol. The van der Waals surface area contributed by atoms with E-state index < -0.39 is 5.63 Å². The van der Waals surface area contributed by atoms with Crippen LogP contribution in [0.15, 0.2) is 69.9 Å². The number of aliphatic hydroxyl groups is 1. The summed E-state index contributed by atoms with van der Waals surface area (Å²) in [6.07, 6.45) is 3.24. The number of rotatable bonds is 4. The Balaban J connectivity index is 1.50. The van der Waals surface area contributed by atoms with Crippen LogP contribution < -0.4 is 5.63 Å². The molecule has 2 aromatic carbocycles. The van der Waals surface area contributed by atoms with Gasteiger partial charge in [0.05, 0.1) is 6.61 Å². The second kappa shape index (κ2) is 6.85. The Labute approximate surface area is 168 Å². The lowest BCUT2D eigenvalue weighted by Crippen LogP contribution is -2.44. The topological polar surface area (TPSA) is 70.8 Å². The number of nitrogens with zero attached hydrogens (tertiary/aromatic N) is 1. The van der Waals surface area contributed by atoms with E-state index in [1.807, 2.05) is 35.2 Å². The fraction of sp³-hybridized carbons (Fsp3) is 0.333. The van der Waals surface area contributed by atoms with Crippen LogP contribution in [0.1, 0.15) is 35.2 Å². The number of amides is 1. The zero-order valence-corrected chi connectivity index (χ0v) is 16.1. The van der Waals surface area contributed by atoms with Gasteiger partial charge in [-0.2, -0.15) is 0 Å². The summed E-state index contributed by atoms with van der Waals surface area (Å²) in [5.41, 5.74) is 0.752. The maximum atomic E-state index is 13.4. The number of aliphatic hydroxyl groups excluding tert-OH is 1. The third-order valence-corrected chi connectivity index (χ3v) is 6.67. The van der Waals surface area contributed by atoms with Gasteiger partial charge in [-0.3, -0.25) is 4.79 Å². The number of benzene rings is 2. The molecule has 2 aliphatic heterocycles. The van der Waals surface area contributed by atoms with Crippen LogP contribution in [0.3, 0.4) is 0 Å². The lowest BCUT2D eigenvalue weighted by Gasteiger charge is -2.36. The van der Waals surface area contributed by atoms with Crippen molar-refractivity contribution in [2.24, 2.45) is 5.41 Å². The number of hydrogen-bond acceptors (Lipinski definition) is 4. The number of para-hydroxylation sites is 1. The molecule has 1 amide bonds. The predicted octanol–water partition coefficient (Wildman–Crippen LogP) is 3.39. The highest BCUT2D eigenvalue weighted by Gasteiger charge is 2.57. The van der Waals surface area contributed by atoms with Crippen molar-refractivity contribution >= 4 is 16.9 Å². The van der Waals surface area contributed by atoms with E-state index in [0.29, 0.717) is 5.58 Å². The molecule has 2 fully saturated rings. The summed E-state index contributed by atoms with van der Waals surface area (Å²) in [4.78, 5) is 27.8. The molecule has 29 heavy (non-hydrogen) atoms. The van der Waals surface area contributed by atoms with E-state index in [1.54, 1.807) is 18.2 Å². The van der Waals surface area contributed by atoms with E-state index in [2.05, 4.69) is 12.1 Å². The molecule has 3 atom stereocenters. The van der Waals surface area contributed by atoms with Gasteiger partial charge in [0.2, 0.25) is 0 Å². The summed E-state index contributed by atoms with van der Waals surface area (Å²) >= 11 is 0. The number of fused-ring (bicyclic) bond motifs is 3. The molecule has 2 saturated heterocycles. The first kappa shape index (κ1) is 18.1. The van der Waals surface area contributed by atoms with Crippen molar-refractivity contribution < 1.29 is 14.3 Å². The molecular weight excluding hydrogens is 366 g/mol. The Bertz CT molecular complexity index is 1120. The summed E-state index contributed by atoms with van der Waals surface area (Å²) in [5, 5.41) is 11.1. The van der Waals surface area contributed by atoms with Crippen LogP contribution in [0.2, 0.25) is 0 Å². The van der Waals surface area contributed by atoms with Crippen LogP contribution >= 0.6 is 0 Å². The van der Waals surface area contributed by atoms with E-state index in [1.165, 1.54) is 0 Å². The Hall–Kier alpha value is -2.92. The Morgan fingerprint density at radius 1 is 1.10 bits per heavy atom. The molecule has 3 heterocycles. The van der Waals surface area contributed by atoms with E-state index >= 15 is 0 Å². The number of hydrogen-bond donors (Lipinski definition) is 1. The molecule has 2 bridgehead atoms. The summed E-state index contributed by atoms with van der Waals surface area (Å²) in [6, 6.07) is 18.9. The molecule has 1 N–H and O–H groups in total. The van der Waals surface area contributed by atoms with Crippen LogP contribution in [0.5, 0.6) is 0 Å². The minimum atomic E-state index is -0.599. The SMILES string of the molecule is O=C(c1cc2ccccc2oc1=O)N1[C@@H]2CC[C@H]1[C@](CO)(Cc1ccccc1)C2. The van der Waals surface area contributed by atoms with Crippen molar-refractivity contribution in [1.82, 2.24) is 4.90 Å². The van der Waals surface area contributed by atoms with Crippen LogP contribution in [0, 0.1) is 5.41 Å². The van der Waals surface area contributed by atoms with Crippen molar-refractivity contribution in [2.75, 3.05) is 6.61 Å². The smallest absolute Gasteiger partial charge is 0.349 e. The Kier molecular flexibility index (Phi) is 4.28. The van der Waals surface area contributed by atoms with Crippen LogP contribution in [-0.2, 0) is 6.42 Å². The molecule has 148 valence electrons. The standard InChI is InChI=1S/C24H23NO4/c26-15-24(13-16-6-2-1-3-7-16)14-18-10-11-21(24)25(18)22(27)19-12-17-8-4-5-9-20(17)29-23(19)28/h1-9,12,18,21,26H,10-11,13-15H2/t18-,21+,24-/m1/s1. The summed E-state index contributed by atoms with van der Waals surface area (Å²) < 4.78 is 5.39. The zero-order chi connectivity index (χ0) is 20.0. The lowest BCUT2D eigenvalue weighted by atomic mass is 9.70.